The number of amidine groups is 1. The van der Waals surface area contributed by atoms with E-state index in [2.05, 4.69) is 11.9 Å². The number of carbonyl (C=O) groups excluding carboxylic acids is 2. The van der Waals surface area contributed by atoms with Crippen LogP contribution in [0.1, 0.15) is 45.2 Å². The minimum absolute atomic E-state index is 0.0220. The van der Waals surface area contributed by atoms with E-state index in [9.17, 15) is 9.59 Å². The molecule has 1 amide bonds. The summed E-state index contributed by atoms with van der Waals surface area (Å²) in [5.74, 6) is -0.387. The van der Waals surface area contributed by atoms with Gasteiger partial charge in [0.1, 0.15) is 0 Å². The standard InChI is InChI=1S/C19H22N2O3S/c1-4-9-14-17(22)21-16(13-10-7-6-8-11-13)15(18(23)24-5-2)12(3)20-19(21)25-14/h6-8,10-11,14,16H,4-5,9H2,1-3H3. The molecule has 2 heterocycles. The van der Waals surface area contributed by atoms with Crippen molar-refractivity contribution in [3.8, 4) is 0 Å². The summed E-state index contributed by atoms with van der Waals surface area (Å²) in [4.78, 5) is 31.8. The quantitative estimate of drug-likeness (QED) is 0.754. The van der Waals surface area contributed by atoms with Crippen LogP contribution < -0.4 is 0 Å². The van der Waals surface area contributed by atoms with Crippen molar-refractivity contribution in [3.63, 3.8) is 0 Å². The molecule has 0 aliphatic carbocycles. The van der Waals surface area contributed by atoms with Gasteiger partial charge >= 0.3 is 5.97 Å². The van der Waals surface area contributed by atoms with Crippen LogP contribution in [0.5, 0.6) is 0 Å². The van der Waals surface area contributed by atoms with Crippen molar-refractivity contribution in [3.05, 3.63) is 47.2 Å². The fourth-order valence-corrected chi connectivity index (χ4v) is 4.52. The summed E-state index contributed by atoms with van der Waals surface area (Å²) in [7, 11) is 0. The van der Waals surface area contributed by atoms with Crippen LogP contribution in [0.3, 0.4) is 0 Å². The Bertz CT molecular complexity index is 742. The third kappa shape index (κ3) is 3.23. The molecule has 132 valence electrons. The lowest BCUT2D eigenvalue weighted by Crippen LogP contribution is -2.40. The Labute approximate surface area is 152 Å². The molecule has 2 aliphatic heterocycles. The number of hydrogen-bond acceptors (Lipinski definition) is 5. The first-order valence-electron chi connectivity index (χ1n) is 8.59. The zero-order chi connectivity index (χ0) is 18.0. The number of hydrogen-bond donors (Lipinski definition) is 0. The summed E-state index contributed by atoms with van der Waals surface area (Å²) >= 11 is 1.50. The Balaban J connectivity index is 2.09. The zero-order valence-corrected chi connectivity index (χ0v) is 15.5. The molecule has 0 radical (unpaired) electrons. The largest absolute Gasteiger partial charge is 0.463 e. The second-order valence-electron chi connectivity index (χ2n) is 6.03. The molecule has 1 fully saturated rings. The van der Waals surface area contributed by atoms with Crippen LogP contribution in [0.25, 0.3) is 0 Å². The van der Waals surface area contributed by atoms with Crippen molar-refractivity contribution in [2.45, 2.75) is 44.9 Å². The number of benzene rings is 1. The van der Waals surface area contributed by atoms with E-state index in [0.29, 0.717) is 16.4 Å². The number of fused-ring (bicyclic) bond motifs is 1. The Morgan fingerprint density at radius 1 is 1.28 bits per heavy atom. The van der Waals surface area contributed by atoms with Crippen LogP contribution >= 0.6 is 11.8 Å². The molecule has 1 aromatic rings. The summed E-state index contributed by atoms with van der Waals surface area (Å²) in [6.07, 6.45) is 1.73. The van der Waals surface area contributed by atoms with Crippen molar-refractivity contribution in [2.75, 3.05) is 6.61 Å². The molecule has 6 heteroatoms. The van der Waals surface area contributed by atoms with Crippen LogP contribution in [0.15, 0.2) is 46.6 Å². The Hall–Kier alpha value is -2.08. The van der Waals surface area contributed by atoms with Gasteiger partial charge in [0.05, 0.1) is 29.2 Å². The van der Waals surface area contributed by atoms with Gasteiger partial charge < -0.3 is 4.74 Å². The van der Waals surface area contributed by atoms with Gasteiger partial charge in [-0.3, -0.25) is 9.69 Å². The molecule has 5 nitrogen and oxygen atoms in total. The zero-order valence-electron chi connectivity index (χ0n) is 14.7. The van der Waals surface area contributed by atoms with Crippen molar-refractivity contribution in [2.24, 2.45) is 4.99 Å². The lowest BCUT2D eigenvalue weighted by atomic mass is 9.94. The normalized spacial score (nSPS) is 22.8. The number of allylic oxidation sites excluding steroid dienone is 1. The summed E-state index contributed by atoms with van der Waals surface area (Å²) in [5.41, 5.74) is 1.96. The van der Waals surface area contributed by atoms with Crippen molar-refractivity contribution < 1.29 is 14.3 Å². The van der Waals surface area contributed by atoms with E-state index in [0.717, 1.165) is 18.4 Å². The van der Waals surface area contributed by atoms with E-state index in [1.807, 2.05) is 37.3 Å². The fourth-order valence-electron chi connectivity index (χ4n) is 3.20. The van der Waals surface area contributed by atoms with Gasteiger partial charge in [-0.05, 0) is 25.8 Å². The maximum Gasteiger partial charge on any atom is 0.338 e. The number of nitrogens with zero attached hydrogens (tertiary/aromatic N) is 2. The lowest BCUT2D eigenvalue weighted by Gasteiger charge is -2.33. The van der Waals surface area contributed by atoms with Crippen molar-refractivity contribution in [1.29, 1.82) is 0 Å². The highest BCUT2D eigenvalue weighted by atomic mass is 32.2. The second-order valence-corrected chi connectivity index (χ2v) is 7.20. The first kappa shape index (κ1) is 17.7. The third-order valence-electron chi connectivity index (χ3n) is 4.31. The average molecular weight is 358 g/mol. The van der Waals surface area contributed by atoms with Gasteiger partial charge in [0.25, 0.3) is 0 Å². The molecule has 0 N–H and O–H groups in total. The van der Waals surface area contributed by atoms with Gasteiger partial charge in [-0.1, -0.05) is 55.4 Å². The van der Waals surface area contributed by atoms with Crippen LogP contribution in [0.2, 0.25) is 0 Å². The first-order valence-corrected chi connectivity index (χ1v) is 9.47. The Morgan fingerprint density at radius 2 is 2.00 bits per heavy atom. The molecule has 3 rings (SSSR count). The number of thioether (sulfide) groups is 1. The molecule has 0 aromatic heterocycles. The molecule has 1 aromatic carbocycles. The third-order valence-corrected chi connectivity index (χ3v) is 5.53. The SMILES string of the molecule is CCCC1SC2=NC(C)=C(C(=O)OCC)C(c3ccccc3)N2C1=O. The van der Waals surface area contributed by atoms with Gasteiger partial charge in [-0.25, -0.2) is 9.79 Å². The number of carbonyl (C=O) groups is 2. The van der Waals surface area contributed by atoms with E-state index in [1.54, 1.807) is 11.8 Å². The molecule has 25 heavy (non-hydrogen) atoms. The maximum absolute atomic E-state index is 13.0. The molecule has 2 atom stereocenters. The van der Waals surface area contributed by atoms with Gasteiger partial charge in [0, 0.05) is 0 Å². The highest BCUT2D eigenvalue weighted by Gasteiger charge is 2.47. The molecule has 1 saturated heterocycles. The lowest BCUT2D eigenvalue weighted by molar-refractivity contribution is -0.139. The van der Waals surface area contributed by atoms with E-state index in [1.165, 1.54) is 11.8 Å². The monoisotopic (exact) mass is 358 g/mol. The van der Waals surface area contributed by atoms with Crippen LogP contribution in [-0.2, 0) is 14.3 Å². The second kappa shape index (κ2) is 7.44. The number of esters is 1. The molecule has 0 spiro atoms. The summed E-state index contributed by atoms with van der Waals surface area (Å²) < 4.78 is 5.25. The molecule has 2 aliphatic rings. The van der Waals surface area contributed by atoms with Gasteiger partial charge in [-0.2, -0.15) is 0 Å². The van der Waals surface area contributed by atoms with Gasteiger partial charge in [0.2, 0.25) is 5.91 Å². The van der Waals surface area contributed by atoms with E-state index < -0.39 is 12.0 Å². The van der Waals surface area contributed by atoms with Crippen LogP contribution in [0, 0.1) is 0 Å². The van der Waals surface area contributed by atoms with Crippen LogP contribution in [0.4, 0.5) is 0 Å². The Kier molecular flexibility index (Phi) is 5.27. The molecule has 0 bridgehead atoms. The van der Waals surface area contributed by atoms with E-state index in [4.69, 9.17) is 4.74 Å². The van der Waals surface area contributed by atoms with E-state index >= 15 is 0 Å². The smallest absolute Gasteiger partial charge is 0.338 e. The minimum atomic E-state index is -0.477. The minimum Gasteiger partial charge on any atom is -0.463 e. The van der Waals surface area contributed by atoms with Gasteiger partial charge in [-0.15, -0.1) is 0 Å². The number of rotatable bonds is 5. The molecular weight excluding hydrogens is 336 g/mol. The van der Waals surface area contributed by atoms with Gasteiger partial charge in [0.15, 0.2) is 5.17 Å². The summed E-state index contributed by atoms with van der Waals surface area (Å²) in [6.45, 7) is 5.94. The molecule has 2 unspecified atom stereocenters. The van der Waals surface area contributed by atoms with Crippen molar-refractivity contribution in [1.82, 2.24) is 4.90 Å². The Morgan fingerprint density at radius 3 is 2.64 bits per heavy atom. The highest BCUT2D eigenvalue weighted by Crippen LogP contribution is 2.44. The summed E-state index contributed by atoms with van der Waals surface area (Å²) in [6, 6.07) is 9.14. The maximum atomic E-state index is 13.0. The predicted octanol–water partition coefficient (Wildman–Crippen LogP) is 3.68. The molecule has 0 saturated carbocycles. The first-order chi connectivity index (χ1) is 12.1. The molecular formula is C19H22N2O3S. The van der Waals surface area contributed by atoms with Crippen molar-refractivity contribution >= 4 is 28.8 Å². The summed E-state index contributed by atoms with van der Waals surface area (Å²) in [5, 5.41) is 0.548. The van der Waals surface area contributed by atoms with E-state index in [-0.39, 0.29) is 17.8 Å². The van der Waals surface area contributed by atoms with Crippen LogP contribution in [-0.4, -0.2) is 33.8 Å². The fraction of sp³-hybridized carbons (Fsp3) is 0.421. The predicted molar refractivity (Wildman–Crippen MR) is 99.1 cm³/mol. The number of ether oxygens (including phenoxy) is 1. The topological polar surface area (TPSA) is 59.0 Å². The number of amides is 1. The number of aliphatic imine (C=N–C) groups is 1. The average Bonchev–Trinajstić information content (AvgIpc) is 2.90. The highest BCUT2D eigenvalue weighted by molar-refractivity contribution is 8.15.